The highest BCUT2D eigenvalue weighted by Crippen LogP contribution is 2.25. The van der Waals surface area contributed by atoms with E-state index in [1.807, 2.05) is 72.8 Å². The number of hydrazone groups is 1. The van der Waals surface area contributed by atoms with Crippen molar-refractivity contribution in [1.82, 2.24) is 0 Å². The van der Waals surface area contributed by atoms with Gasteiger partial charge in [0.2, 0.25) is 0 Å². The molecule has 122 valence electrons. The first kappa shape index (κ1) is 15.1. The van der Waals surface area contributed by atoms with Gasteiger partial charge in [0.15, 0.2) is 0 Å². The van der Waals surface area contributed by atoms with Crippen molar-refractivity contribution in [3.63, 3.8) is 0 Å². The van der Waals surface area contributed by atoms with Gasteiger partial charge < -0.3 is 4.42 Å². The molecule has 0 saturated carbocycles. The second-order valence-electron chi connectivity index (χ2n) is 5.82. The first-order valence-electron chi connectivity index (χ1n) is 8.04. The Morgan fingerprint density at radius 3 is 2.52 bits per heavy atom. The zero-order valence-corrected chi connectivity index (χ0v) is 13.7. The molecule has 0 unspecified atom stereocenters. The van der Waals surface area contributed by atoms with E-state index in [-0.39, 0.29) is 5.63 Å². The van der Waals surface area contributed by atoms with Crippen molar-refractivity contribution >= 4 is 33.1 Å². The summed E-state index contributed by atoms with van der Waals surface area (Å²) in [6.07, 6.45) is 0. The van der Waals surface area contributed by atoms with E-state index in [9.17, 15) is 4.79 Å². The van der Waals surface area contributed by atoms with E-state index in [2.05, 4.69) is 10.5 Å². The second-order valence-corrected chi connectivity index (χ2v) is 5.82. The molecule has 0 aliphatic rings. The van der Waals surface area contributed by atoms with Crippen LogP contribution in [0.3, 0.4) is 0 Å². The zero-order valence-electron chi connectivity index (χ0n) is 13.7. The summed E-state index contributed by atoms with van der Waals surface area (Å²) in [6.45, 7) is 1.79. The van der Waals surface area contributed by atoms with Gasteiger partial charge in [0.25, 0.3) is 0 Å². The minimum absolute atomic E-state index is 0.390. The van der Waals surface area contributed by atoms with Gasteiger partial charge in [-0.3, -0.25) is 5.43 Å². The van der Waals surface area contributed by atoms with Crippen LogP contribution in [0.15, 0.2) is 87.1 Å². The lowest BCUT2D eigenvalue weighted by molar-refractivity contribution is 0.559. The van der Waals surface area contributed by atoms with E-state index < -0.39 is 0 Å². The number of nitrogens with zero attached hydrogens (tertiary/aromatic N) is 1. The van der Waals surface area contributed by atoms with Crippen molar-refractivity contribution < 1.29 is 4.42 Å². The Morgan fingerprint density at radius 2 is 1.68 bits per heavy atom. The molecule has 4 nitrogen and oxygen atoms in total. The first-order valence-corrected chi connectivity index (χ1v) is 8.04. The maximum Gasteiger partial charge on any atom is 0.345 e. The van der Waals surface area contributed by atoms with Crippen molar-refractivity contribution in [2.24, 2.45) is 5.10 Å². The van der Waals surface area contributed by atoms with E-state index in [1.54, 1.807) is 6.92 Å². The maximum atomic E-state index is 12.3. The van der Waals surface area contributed by atoms with Crippen molar-refractivity contribution in [3.05, 3.63) is 88.8 Å². The van der Waals surface area contributed by atoms with Gasteiger partial charge in [0, 0.05) is 5.39 Å². The molecule has 0 bridgehead atoms. The third-order valence-corrected chi connectivity index (χ3v) is 4.16. The molecule has 0 aliphatic carbocycles. The monoisotopic (exact) mass is 328 g/mol. The number of nitrogens with one attached hydrogen (secondary N) is 1. The molecule has 4 rings (SSSR count). The number of benzene rings is 3. The van der Waals surface area contributed by atoms with Gasteiger partial charge in [-0.25, -0.2) is 4.79 Å². The van der Waals surface area contributed by atoms with Gasteiger partial charge in [0.05, 0.1) is 17.0 Å². The molecule has 0 amide bonds. The average Bonchev–Trinajstić information content (AvgIpc) is 2.66. The fraction of sp³-hybridized carbons (Fsp3) is 0.0476. The van der Waals surface area contributed by atoms with Crippen LogP contribution in [0.2, 0.25) is 0 Å². The Balaban J connectivity index is 1.82. The summed E-state index contributed by atoms with van der Waals surface area (Å²) >= 11 is 0. The summed E-state index contributed by atoms with van der Waals surface area (Å²) in [5.41, 5.74) is 5.04. The molecule has 0 spiro atoms. The molecule has 0 atom stereocenters. The summed E-state index contributed by atoms with van der Waals surface area (Å²) in [6, 6.07) is 23.3. The summed E-state index contributed by atoms with van der Waals surface area (Å²) in [7, 11) is 0. The Hall–Kier alpha value is -3.40. The van der Waals surface area contributed by atoms with Crippen molar-refractivity contribution in [1.29, 1.82) is 0 Å². The highest BCUT2D eigenvalue weighted by Gasteiger charge is 2.10. The van der Waals surface area contributed by atoms with Crippen molar-refractivity contribution in [2.45, 2.75) is 6.92 Å². The Kier molecular flexibility index (Phi) is 3.78. The largest absolute Gasteiger partial charge is 0.422 e. The Morgan fingerprint density at radius 1 is 0.920 bits per heavy atom. The van der Waals surface area contributed by atoms with Crippen LogP contribution >= 0.6 is 0 Å². The average molecular weight is 328 g/mol. The first-order chi connectivity index (χ1) is 12.2. The summed E-state index contributed by atoms with van der Waals surface area (Å²) in [5.74, 6) is 0. The van der Waals surface area contributed by atoms with Crippen LogP contribution in [0.5, 0.6) is 0 Å². The molecule has 0 radical (unpaired) electrons. The molecule has 1 aromatic heterocycles. The third-order valence-electron chi connectivity index (χ3n) is 4.16. The van der Waals surface area contributed by atoms with Crippen LogP contribution in [-0.4, -0.2) is 5.71 Å². The van der Waals surface area contributed by atoms with E-state index in [1.165, 1.54) is 0 Å². The lowest BCUT2D eigenvalue weighted by Crippen LogP contribution is -2.13. The number of anilines is 1. The molecular formula is C21H16N2O2. The van der Waals surface area contributed by atoms with Gasteiger partial charge in [-0.15, -0.1) is 0 Å². The topological polar surface area (TPSA) is 54.6 Å². The van der Waals surface area contributed by atoms with Crippen LogP contribution in [0.1, 0.15) is 12.5 Å². The molecule has 1 heterocycles. The standard InChI is InChI=1S/C21H16N2O2/c1-14(22-23-16-8-3-2-4-9-16)18-13-19-17-10-6-5-7-15(17)11-12-20(19)25-21(18)24/h2-13,23H,1H3. The van der Waals surface area contributed by atoms with Gasteiger partial charge in [-0.1, -0.05) is 48.5 Å². The van der Waals surface area contributed by atoms with E-state index in [4.69, 9.17) is 4.42 Å². The van der Waals surface area contributed by atoms with E-state index in [0.29, 0.717) is 16.9 Å². The van der Waals surface area contributed by atoms with Gasteiger partial charge in [0.1, 0.15) is 5.58 Å². The van der Waals surface area contributed by atoms with Crippen molar-refractivity contribution in [3.8, 4) is 0 Å². The zero-order chi connectivity index (χ0) is 17.2. The summed E-state index contributed by atoms with van der Waals surface area (Å²) < 4.78 is 5.51. The lowest BCUT2D eigenvalue weighted by Gasteiger charge is -2.06. The minimum Gasteiger partial charge on any atom is -0.422 e. The number of hydrogen-bond acceptors (Lipinski definition) is 4. The quantitative estimate of drug-likeness (QED) is 0.255. The predicted octanol–water partition coefficient (Wildman–Crippen LogP) is 4.78. The van der Waals surface area contributed by atoms with E-state index >= 15 is 0 Å². The van der Waals surface area contributed by atoms with Gasteiger partial charge in [-0.05, 0) is 42.0 Å². The van der Waals surface area contributed by atoms with Crippen LogP contribution in [0.25, 0.3) is 21.7 Å². The van der Waals surface area contributed by atoms with Gasteiger partial charge in [-0.2, -0.15) is 5.10 Å². The molecular weight excluding hydrogens is 312 g/mol. The second kappa shape index (κ2) is 6.24. The van der Waals surface area contributed by atoms with Gasteiger partial charge >= 0.3 is 5.63 Å². The van der Waals surface area contributed by atoms with Crippen LogP contribution in [0, 0.1) is 0 Å². The van der Waals surface area contributed by atoms with Crippen LogP contribution < -0.4 is 11.1 Å². The maximum absolute atomic E-state index is 12.3. The smallest absolute Gasteiger partial charge is 0.345 e. The Labute approximate surface area is 144 Å². The molecule has 0 saturated heterocycles. The number of fused-ring (bicyclic) bond motifs is 3. The lowest BCUT2D eigenvalue weighted by atomic mass is 10.0. The molecule has 4 aromatic rings. The fourth-order valence-electron chi connectivity index (χ4n) is 2.85. The number of para-hydroxylation sites is 1. The van der Waals surface area contributed by atoms with Crippen molar-refractivity contribution in [2.75, 3.05) is 5.43 Å². The number of hydrogen-bond donors (Lipinski definition) is 1. The summed E-state index contributed by atoms with van der Waals surface area (Å²) in [4.78, 5) is 12.3. The highest BCUT2D eigenvalue weighted by atomic mass is 16.4. The van der Waals surface area contributed by atoms with E-state index in [0.717, 1.165) is 21.8 Å². The molecule has 1 N–H and O–H groups in total. The predicted molar refractivity (Wildman–Crippen MR) is 102 cm³/mol. The number of rotatable bonds is 3. The normalized spacial score (nSPS) is 11.8. The Bertz CT molecular complexity index is 1140. The molecule has 0 fully saturated rings. The van der Waals surface area contributed by atoms with Crippen LogP contribution in [0.4, 0.5) is 5.69 Å². The SMILES string of the molecule is CC(=NNc1ccccc1)c1cc2c(ccc3ccccc32)oc1=O. The molecule has 25 heavy (non-hydrogen) atoms. The molecule has 4 heteroatoms. The third kappa shape index (κ3) is 2.90. The van der Waals surface area contributed by atoms with Crippen LogP contribution in [-0.2, 0) is 0 Å². The molecule has 0 aliphatic heterocycles. The summed E-state index contributed by atoms with van der Waals surface area (Å²) in [5, 5.41) is 7.38. The fourth-order valence-corrected chi connectivity index (χ4v) is 2.85. The highest BCUT2D eigenvalue weighted by molar-refractivity contribution is 6.08. The molecule has 3 aromatic carbocycles. The minimum atomic E-state index is -0.390.